The first kappa shape index (κ1) is 9.05. The molecule has 0 aromatic carbocycles. The number of rotatable bonds is 1. The fourth-order valence-corrected chi connectivity index (χ4v) is 2.49. The van der Waals surface area contributed by atoms with Gasteiger partial charge >= 0.3 is 0 Å². The predicted molar refractivity (Wildman–Crippen MR) is 56.3 cm³/mol. The highest BCUT2D eigenvalue weighted by Crippen LogP contribution is 2.31. The van der Waals surface area contributed by atoms with Gasteiger partial charge in [0.15, 0.2) is 0 Å². The van der Waals surface area contributed by atoms with Crippen molar-refractivity contribution in [3.8, 4) is 0 Å². The Morgan fingerprint density at radius 1 is 1.00 bits per heavy atom. The molecule has 0 aromatic heterocycles. The summed E-state index contributed by atoms with van der Waals surface area (Å²) < 4.78 is 0. The number of hydrogen-bond acceptors (Lipinski definition) is 0. The highest BCUT2D eigenvalue weighted by molar-refractivity contribution is 5.13. The molecule has 0 amide bonds. The molecule has 1 radical (unpaired) electrons. The van der Waals surface area contributed by atoms with Gasteiger partial charge in [0, 0.05) is 0 Å². The van der Waals surface area contributed by atoms with E-state index in [0.29, 0.717) is 0 Å². The molecule has 0 atom stereocenters. The second-order valence-electron chi connectivity index (χ2n) is 4.27. The van der Waals surface area contributed by atoms with E-state index in [9.17, 15) is 0 Å². The Morgan fingerprint density at radius 2 is 1.77 bits per heavy atom. The van der Waals surface area contributed by atoms with Gasteiger partial charge in [0.2, 0.25) is 0 Å². The minimum atomic E-state index is 0.882. The average molecular weight is 175 g/mol. The summed E-state index contributed by atoms with van der Waals surface area (Å²) >= 11 is 0. The summed E-state index contributed by atoms with van der Waals surface area (Å²) in [4.78, 5) is 0. The van der Waals surface area contributed by atoms with E-state index >= 15 is 0 Å². The smallest absolute Gasteiger partial charge is 0.00947 e. The molecular formula is C13H19. The summed E-state index contributed by atoms with van der Waals surface area (Å²) in [5.41, 5.74) is 1.62. The van der Waals surface area contributed by atoms with Gasteiger partial charge in [0.25, 0.3) is 0 Å². The Balaban J connectivity index is 1.93. The summed E-state index contributed by atoms with van der Waals surface area (Å²) in [6, 6.07) is 0. The van der Waals surface area contributed by atoms with Gasteiger partial charge in [-0.25, -0.2) is 0 Å². The van der Waals surface area contributed by atoms with Crippen LogP contribution in [0.25, 0.3) is 0 Å². The Kier molecular flexibility index (Phi) is 3.23. The Labute approximate surface area is 81.7 Å². The first-order chi connectivity index (χ1) is 6.47. The lowest BCUT2D eigenvalue weighted by molar-refractivity contribution is 0.517. The topological polar surface area (TPSA) is 0 Å². The largest absolute Gasteiger partial charge is 0.0841 e. The highest BCUT2D eigenvalue weighted by atomic mass is 14.2. The third-order valence-corrected chi connectivity index (χ3v) is 3.30. The highest BCUT2D eigenvalue weighted by Gasteiger charge is 2.16. The van der Waals surface area contributed by atoms with Crippen LogP contribution in [-0.4, -0.2) is 0 Å². The zero-order chi connectivity index (χ0) is 8.93. The molecule has 1 fully saturated rings. The molecular weight excluding hydrogens is 156 g/mol. The summed E-state index contributed by atoms with van der Waals surface area (Å²) in [6.07, 6.45) is 19.0. The second-order valence-corrected chi connectivity index (χ2v) is 4.27. The van der Waals surface area contributed by atoms with Gasteiger partial charge in [-0.1, -0.05) is 43.4 Å². The zero-order valence-corrected chi connectivity index (χ0v) is 8.39. The normalized spacial score (nSPS) is 25.4. The third-order valence-electron chi connectivity index (χ3n) is 3.30. The van der Waals surface area contributed by atoms with E-state index in [1.807, 2.05) is 0 Å². The fraction of sp³-hybridized carbons (Fsp3) is 0.692. The average Bonchev–Trinajstić information content (AvgIpc) is 2.47. The Bertz CT molecular complexity index is 202. The van der Waals surface area contributed by atoms with Crippen LogP contribution >= 0.6 is 0 Å². The molecule has 2 aliphatic carbocycles. The van der Waals surface area contributed by atoms with Crippen LogP contribution in [0.3, 0.4) is 0 Å². The number of hydrogen-bond donors (Lipinski definition) is 0. The predicted octanol–water partition coefficient (Wildman–Crippen LogP) is 4.04. The quantitative estimate of drug-likeness (QED) is 0.417. The maximum Gasteiger partial charge on any atom is -0.00947 e. The van der Waals surface area contributed by atoms with Crippen molar-refractivity contribution in [2.75, 3.05) is 0 Å². The van der Waals surface area contributed by atoms with E-state index in [0.717, 1.165) is 12.3 Å². The van der Waals surface area contributed by atoms with Crippen molar-refractivity contribution >= 4 is 0 Å². The van der Waals surface area contributed by atoms with Crippen molar-refractivity contribution in [2.45, 2.75) is 51.4 Å². The van der Waals surface area contributed by atoms with E-state index in [1.54, 1.807) is 5.57 Å². The molecule has 0 aliphatic heterocycles. The van der Waals surface area contributed by atoms with E-state index in [4.69, 9.17) is 0 Å². The fourth-order valence-electron chi connectivity index (χ4n) is 2.49. The standard InChI is InChI=1S/C13H19/c1-2-5-9-12(8-4-1)13-10-6-3-7-11-13/h3,6,12H,1-2,4-5,7-10H2. The molecule has 0 nitrogen and oxygen atoms in total. The Morgan fingerprint density at radius 3 is 2.38 bits per heavy atom. The van der Waals surface area contributed by atoms with Crippen LogP contribution in [0.4, 0.5) is 0 Å². The summed E-state index contributed by atoms with van der Waals surface area (Å²) in [6.45, 7) is 0. The maximum atomic E-state index is 3.55. The minimum absolute atomic E-state index is 0.882. The molecule has 0 heteroatoms. The van der Waals surface area contributed by atoms with Crippen molar-refractivity contribution < 1.29 is 0 Å². The molecule has 0 heterocycles. The lowest BCUT2D eigenvalue weighted by Gasteiger charge is -2.18. The van der Waals surface area contributed by atoms with E-state index in [2.05, 4.69) is 18.2 Å². The van der Waals surface area contributed by atoms with Crippen LogP contribution in [0.5, 0.6) is 0 Å². The van der Waals surface area contributed by atoms with E-state index in [1.165, 1.54) is 44.9 Å². The second kappa shape index (κ2) is 4.64. The van der Waals surface area contributed by atoms with Gasteiger partial charge in [-0.3, -0.25) is 0 Å². The molecule has 0 unspecified atom stereocenters. The molecule has 0 aromatic rings. The maximum absolute atomic E-state index is 3.55. The monoisotopic (exact) mass is 175 g/mol. The van der Waals surface area contributed by atoms with Gasteiger partial charge in [-0.15, -0.1) is 0 Å². The molecule has 0 N–H and O–H groups in total. The van der Waals surface area contributed by atoms with Crippen LogP contribution in [0.1, 0.15) is 51.4 Å². The van der Waals surface area contributed by atoms with Gasteiger partial charge in [0.1, 0.15) is 0 Å². The van der Waals surface area contributed by atoms with Gasteiger partial charge in [0.05, 0.1) is 0 Å². The van der Waals surface area contributed by atoms with Crippen molar-refractivity contribution in [1.29, 1.82) is 0 Å². The molecule has 1 saturated carbocycles. The Hall–Kier alpha value is -0.520. The molecule has 0 saturated heterocycles. The van der Waals surface area contributed by atoms with Crippen molar-refractivity contribution in [3.05, 3.63) is 23.8 Å². The van der Waals surface area contributed by atoms with E-state index in [-0.39, 0.29) is 0 Å². The SMILES string of the molecule is [C]1=C(C2CCCCCC2)CC=CC1. The van der Waals surface area contributed by atoms with Gasteiger partial charge in [-0.2, -0.15) is 0 Å². The molecule has 13 heavy (non-hydrogen) atoms. The summed E-state index contributed by atoms with van der Waals surface area (Å²) in [7, 11) is 0. The van der Waals surface area contributed by atoms with Crippen LogP contribution < -0.4 is 0 Å². The third kappa shape index (κ3) is 2.46. The molecule has 2 aliphatic rings. The number of allylic oxidation sites excluding steroid dienone is 4. The van der Waals surface area contributed by atoms with Crippen LogP contribution in [0.15, 0.2) is 17.7 Å². The summed E-state index contributed by atoms with van der Waals surface area (Å²) in [5, 5.41) is 0. The molecule has 0 bridgehead atoms. The van der Waals surface area contributed by atoms with Crippen molar-refractivity contribution in [2.24, 2.45) is 5.92 Å². The lowest BCUT2D eigenvalue weighted by Crippen LogP contribution is -2.04. The van der Waals surface area contributed by atoms with E-state index < -0.39 is 0 Å². The minimum Gasteiger partial charge on any atom is -0.0841 e. The van der Waals surface area contributed by atoms with Crippen LogP contribution in [0, 0.1) is 12.0 Å². The molecule has 0 spiro atoms. The van der Waals surface area contributed by atoms with Crippen LogP contribution in [-0.2, 0) is 0 Å². The first-order valence-electron chi connectivity index (χ1n) is 5.71. The molecule has 2 rings (SSSR count). The lowest BCUT2D eigenvalue weighted by atomic mass is 9.87. The van der Waals surface area contributed by atoms with Crippen LogP contribution in [0.2, 0.25) is 0 Å². The van der Waals surface area contributed by atoms with Gasteiger partial charge in [-0.05, 0) is 37.7 Å². The van der Waals surface area contributed by atoms with Crippen molar-refractivity contribution in [1.82, 2.24) is 0 Å². The summed E-state index contributed by atoms with van der Waals surface area (Å²) in [5.74, 6) is 0.882. The zero-order valence-electron chi connectivity index (χ0n) is 8.39. The molecule has 71 valence electrons. The van der Waals surface area contributed by atoms with Gasteiger partial charge < -0.3 is 0 Å². The van der Waals surface area contributed by atoms with Crippen molar-refractivity contribution in [3.63, 3.8) is 0 Å². The first-order valence-corrected chi connectivity index (χ1v) is 5.71.